The summed E-state index contributed by atoms with van der Waals surface area (Å²) in [7, 11) is 3.28. The SMILES string of the molecule is COc1ccc(OC)c(CN2CCN(c3ccc(C#N)cc3[N+](=O)[O-])CC2)c1. The quantitative estimate of drug-likeness (QED) is 0.560. The molecule has 0 N–H and O–H groups in total. The summed E-state index contributed by atoms with van der Waals surface area (Å²) < 4.78 is 10.8. The molecule has 0 spiro atoms. The van der Waals surface area contributed by atoms with Crippen LogP contribution in [-0.2, 0) is 6.54 Å². The molecule has 8 nitrogen and oxygen atoms in total. The molecule has 146 valence electrons. The summed E-state index contributed by atoms with van der Waals surface area (Å²) in [6.45, 7) is 3.57. The van der Waals surface area contributed by atoms with Crippen LogP contribution in [0.2, 0.25) is 0 Å². The first-order chi connectivity index (χ1) is 13.5. The Hall–Kier alpha value is -3.31. The van der Waals surface area contributed by atoms with Crippen molar-refractivity contribution in [3.05, 3.63) is 57.6 Å². The molecule has 1 saturated heterocycles. The van der Waals surface area contributed by atoms with Crippen LogP contribution in [-0.4, -0.2) is 50.2 Å². The number of ether oxygens (including phenoxy) is 2. The number of anilines is 1. The van der Waals surface area contributed by atoms with Gasteiger partial charge in [0.25, 0.3) is 5.69 Å². The Morgan fingerprint density at radius 1 is 1.11 bits per heavy atom. The van der Waals surface area contributed by atoms with Crippen LogP contribution in [0.1, 0.15) is 11.1 Å². The zero-order valence-electron chi connectivity index (χ0n) is 15.9. The fourth-order valence-corrected chi connectivity index (χ4v) is 3.40. The van der Waals surface area contributed by atoms with Crippen molar-refractivity contribution in [2.45, 2.75) is 6.54 Å². The molecular weight excluding hydrogens is 360 g/mol. The minimum absolute atomic E-state index is 0.0260. The molecule has 0 bridgehead atoms. The molecule has 0 unspecified atom stereocenters. The van der Waals surface area contributed by atoms with Crippen LogP contribution in [0, 0.1) is 21.4 Å². The Bertz CT molecular complexity index is 902. The molecule has 0 aliphatic carbocycles. The largest absolute Gasteiger partial charge is 0.497 e. The Kier molecular flexibility index (Phi) is 5.96. The first-order valence-electron chi connectivity index (χ1n) is 8.92. The number of hydrogen-bond donors (Lipinski definition) is 0. The average Bonchev–Trinajstić information content (AvgIpc) is 2.73. The minimum atomic E-state index is -0.427. The van der Waals surface area contributed by atoms with Crippen LogP contribution < -0.4 is 14.4 Å². The summed E-state index contributed by atoms with van der Waals surface area (Å²) in [5.74, 6) is 1.59. The molecule has 0 radical (unpaired) electrons. The van der Waals surface area contributed by atoms with Crippen molar-refractivity contribution in [3.8, 4) is 17.6 Å². The zero-order valence-corrected chi connectivity index (χ0v) is 15.9. The lowest BCUT2D eigenvalue weighted by Crippen LogP contribution is -2.46. The lowest BCUT2D eigenvalue weighted by atomic mass is 10.1. The molecule has 1 fully saturated rings. The number of piperazine rings is 1. The normalized spacial score (nSPS) is 14.4. The molecule has 2 aromatic rings. The monoisotopic (exact) mass is 382 g/mol. The summed E-state index contributed by atoms with van der Waals surface area (Å²) >= 11 is 0. The van der Waals surface area contributed by atoms with Gasteiger partial charge in [0.15, 0.2) is 0 Å². The predicted molar refractivity (Wildman–Crippen MR) is 105 cm³/mol. The highest BCUT2D eigenvalue weighted by Crippen LogP contribution is 2.31. The van der Waals surface area contributed by atoms with Gasteiger partial charge in [0.05, 0.1) is 30.8 Å². The van der Waals surface area contributed by atoms with Gasteiger partial charge in [-0.1, -0.05) is 0 Å². The van der Waals surface area contributed by atoms with Gasteiger partial charge in [0.1, 0.15) is 17.2 Å². The van der Waals surface area contributed by atoms with Crippen molar-refractivity contribution in [2.75, 3.05) is 45.3 Å². The number of rotatable bonds is 6. The van der Waals surface area contributed by atoms with Crippen molar-refractivity contribution in [3.63, 3.8) is 0 Å². The van der Waals surface area contributed by atoms with Gasteiger partial charge in [0, 0.05) is 44.4 Å². The third-order valence-corrected chi connectivity index (χ3v) is 4.90. The summed E-state index contributed by atoms with van der Waals surface area (Å²) in [5, 5.41) is 20.4. The molecule has 1 heterocycles. The molecular formula is C20H22N4O4. The second kappa shape index (κ2) is 8.59. The fourth-order valence-electron chi connectivity index (χ4n) is 3.40. The van der Waals surface area contributed by atoms with E-state index >= 15 is 0 Å². The molecule has 1 aliphatic rings. The van der Waals surface area contributed by atoms with E-state index in [4.69, 9.17) is 14.7 Å². The molecule has 0 saturated carbocycles. The summed E-state index contributed by atoms with van der Waals surface area (Å²) in [5.41, 5.74) is 1.86. The van der Waals surface area contributed by atoms with Crippen LogP contribution in [0.15, 0.2) is 36.4 Å². The maximum absolute atomic E-state index is 11.4. The number of nitrogens with zero attached hydrogens (tertiary/aromatic N) is 4. The first-order valence-corrected chi connectivity index (χ1v) is 8.92. The van der Waals surface area contributed by atoms with Crippen LogP contribution in [0.3, 0.4) is 0 Å². The van der Waals surface area contributed by atoms with E-state index in [0.29, 0.717) is 30.9 Å². The number of methoxy groups -OCH3 is 2. The smallest absolute Gasteiger partial charge is 0.293 e. The first kappa shape index (κ1) is 19.5. The van der Waals surface area contributed by atoms with Crippen molar-refractivity contribution < 1.29 is 14.4 Å². The number of nitriles is 1. The summed E-state index contributed by atoms with van der Waals surface area (Å²) in [4.78, 5) is 15.3. The Morgan fingerprint density at radius 2 is 1.86 bits per heavy atom. The van der Waals surface area contributed by atoms with Gasteiger partial charge < -0.3 is 14.4 Å². The van der Waals surface area contributed by atoms with Gasteiger partial charge in [-0.05, 0) is 30.3 Å². The van der Waals surface area contributed by atoms with Crippen LogP contribution in [0.5, 0.6) is 11.5 Å². The van der Waals surface area contributed by atoms with Gasteiger partial charge in [-0.15, -0.1) is 0 Å². The van der Waals surface area contributed by atoms with Gasteiger partial charge in [-0.2, -0.15) is 5.26 Å². The van der Waals surface area contributed by atoms with Crippen LogP contribution in [0.4, 0.5) is 11.4 Å². The highest BCUT2D eigenvalue weighted by molar-refractivity contribution is 5.65. The summed E-state index contributed by atoms with van der Waals surface area (Å²) in [6, 6.07) is 12.3. The molecule has 0 amide bonds. The average molecular weight is 382 g/mol. The molecule has 2 aromatic carbocycles. The van der Waals surface area contributed by atoms with Gasteiger partial charge in [-0.25, -0.2) is 0 Å². The Morgan fingerprint density at radius 3 is 2.46 bits per heavy atom. The molecule has 28 heavy (non-hydrogen) atoms. The second-order valence-corrected chi connectivity index (χ2v) is 6.51. The van der Waals surface area contributed by atoms with E-state index in [0.717, 1.165) is 30.2 Å². The van der Waals surface area contributed by atoms with E-state index in [1.165, 1.54) is 6.07 Å². The highest BCUT2D eigenvalue weighted by atomic mass is 16.6. The van der Waals surface area contributed by atoms with Gasteiger partial charge >= 0.3 is 0 Å². The fraction of sp³-hybridized carbons (Fsp3) is 0.350. The second-order valence-electron chi connectivity index (χ2n) is 6.51. The topological polar surface area (TPSA) is 91.9 Å². The molecule has 1 aliphatic heterocycles. The van der Waals surface area contributed by atoms with E-state index in [1.807, 2.05) is 29.2 Å². The third-order valence-electron chi connectivity index (χ3n) is 4.90. The maximum Gasteiger partial charge on any atom is 0.293 e. The van der Waals surface area contributed by atoms with Crippen molar-refractivity contribution >= 4 is 11.4 Å². The van der Waals surface area contributed by atoms with E-state index in [1.54, 1.807) is 26.4 Å². The van der Waals surface area contributed by atoms with E-state index in [2.05, 4.69) is 4.90 Å². The summed E-state index contributed by atoms with van der Waals surface area (Å²) in [6.07, 6.45) is 0. The lowest BCUT2D eigenvalue weighted by molar-refractivity contribution is -0.384. The van der Waals surface area contributed by atoms with Gasteiger partial charge in [0.2, 0.25) is 0 Å². The highest BCUT2D eigenvalue weighted by Gasteiger charge is 2.24. The molecule has 0 aromatic heterocycles. The lowest BCUT2D eigenvalue weighted by Gasteiger charge is -2.36. The third kappa shape index (κ3) is 4.15. The van der Waals surface area contributed by atoms with E-state index in [-0.39, 0.29) is 5.69 Å². The van der Waals surface area contributed by atoms with Crippen molar-refractivity contribution in [1.82, 2.24) is 4.90 Å². The van der Waals surface area contributed by atoms with Crippen LogP contribution >= 0.6 is 0 Å². The number of nitro groups is 1. The number of nitro benzene ring substituents is 1. The maximum atomic E-state index is 11.4. The van der Waals surface area contributed by atoms with E-state index in [9.17, 15) is 10.1 Å². The molecule has 8 heteroatoms. The Balaban J connectivity index is 1.71. The number of benzene rings is 2. The molecule has 3 rings (SSSR count). The Labute approximate surface area is 163 Å². The van der Waals surface area contributed by atoms with Crippen molar-refractivity contribution in [1.29, 1.82) is 5.26 Å². The standard InChI is InChI=1S/C20H22N4O4/c1-27-17-4-6-20(28-2)16(12-17)14-22-7-9-23(10-8-22)18-5-3-15(13-21)11-19(18)24(25)26/h3-6,11-12H,7-10,14H2,1-2H3. The zero-order chi connectivity index (χ0) is 20.1. The molecule has 0 atom stereocenters. The van der Waals surface area contributed by atoms with Crippen LogP contribution in [0.25, 0.3) is 0 Å². The minimum Gasteiger partial charge on any atom is -0.497 e. The number of hydrogen-bond acceptors (Lipinski definition) is 7. The van der Waals surface area contributed by atoms with E-state index < -0.39 is 4.92 Å². The van der Waals surface area contributed by atoms with Gasteiger partial charge in [-0.3, -0.25) is 15.0 Å². The predicted octanol–water partition coefficient (Wildman–Crippen LogP) is 2.81. The van der Waals surface area contributed by atoms with Crippen molar-refractivity contribution in [2.24, 2.45) is 0 Å².